The number of esters is 1. The first-order chi connectivity index (χ1) is 14.0. The Morgan fingerprint density at radius 3 is 2.24 bits per heavy atom. The predicted octanol–water partition coefficient (Wildman–Crippen LogP) is 4.16. The van der Waals surface area contributed by atoms with E-state index in [-0.39, 0.29) is 18.2 Å². The van der Waals surface area contributed by atoms with E-state index in [1.165, 1.54) is 32.4 Å². The third kappa shape index (κ3) is 4.16. The van der Waals surface area contributed by atoms with Crippen LogP contribution < -0.4 is 9.47 Å². The van der Waals surface area contributed by atoms with Gasteiger partial charge in [-0.05, 0) is 54.8 Å². The molecule has 0 aromatic heterocycles. The summed E-state index contributed by atoms with van der Waals surface area (Å²) in [6.45, 7) is 1.87. The van der Waals surface area contributed by atoms with Gasteiger partial charge in [-0.15, -0.1) is 0 Å². The van der Waals surface area contributed by atoms with Gasteiger partial charge in [0.2, 0.25) is 0 Å². The van der Waals surface area contributed by atoms with Gasteiger partial charge in [-0.3, -0.25) is 9.59 Å². The molecule has 0 bridgehead atoms. The first-order valence-corrected chi connectivity index (χ1v) is 9.38. The maximum absolute atomic E-state index is 13.3. The maximum Gasteiger partial charge on any atom is 0.317 e. The number of hydrogen-bond acceptors (Lipinski definition) is 5. The van der Waals surface area contributed by atoms with Gasteiger partial charge in [0.1, 0.15) is 23.2 Å². The van der Waals surface area contributed by atoms with Crippen molar-refractivity contribution in [3.8, 4) is 11.5 Å². The monoisotopic (exact) mass is 398 g/mol. The number of carbonyl (C=O) groups is 2. The summed E-state index contributed by atoms with van der Waals surface area (Å²) in [7, 11) is 3.05. The molecule has 0 amide bonds. The van der Waals surface area contributed by atoms with Gasteiger partial charge in [-0.1, -0.05) is 18.2 Å². The molecule has 6 heteroatoms. The van der Waals surface area contributed by atoms with Crippen molar-refractivity contribution < 1.29 is 28.2 Å². The van der Waals surface area contributed by atoms with Crippen molar-refractivity contribution in [2.45, 2.75) is 19.3 Å². The second-order valence-corrected chi connectivity index (χ2v) is 6.70. The summed E-state index contributed by atoms with van der Waals surface area (Å²) in [5.41, 5.74) is 2.08. The van der Waals surface area contributed by atoms with Crippen LogP contribution in [0.2, 0.25) is 0 Å². The Morgan fingerprint density at radius 1 is 1.07 bits per heavy atom. The lowest BCUT2D eigenvalue weighted by molar-refractivity contribution is -0.151. The van der Waals surface area contributed by atoms with Crippen molar-refractivity contribution in [3.63, 3.8) is 0 Å². The van der Waals surface area contributed by atoms with E-state index in [9.17, 15) is 14.0 Å². The normalized spacial score (nSPS) is 18.8. The topological polar surface area (TPSA) is 61.8 Å². The summed E-state index contributed by atoms with van der Waals surface area (Å²) < 4.78 is 29.5. The maximum atomic E-state index is 13.3. The predicted molar refractivity (Wildman–Crippen MR) is 106 cm³/mol. The van der Waals surface area contributed by atoms with Crippen LogP contribution in [0.15, 0.2) is 48.5 Å². The summed E-state index contributed by atoms with van der Waals surface area (Å²) in [5.74, 6) is -1.80. The average molecular weight is 398 g/mol. The number of allylic oxidation sites excluding steroid dienone is 2. The zero-order valence-electron chi connectivity index (χ0n) is 16.6. The van der Waals surface area contributed by atoms with Crippen LogP contribution >= 0.6 is 0 Å². The third-order valence-electron chi connectivity index (χ3n) is 5.06. The summed E-state index contributed by atoms with van der Waals surface area (Å²) in [5, 5.41) is 0. The van der Waals surface area contributed by atoms with Crippen LogP contribution in [0.1, 0.15) is 30.4 Å². The Morgan fingerprint density at radius 2 is 1.69 bits per heavy atom. The van der Waals surface area contributed by atoms with E-state index >= 15 is 0 Å². The molecule has 152 valence electrons. The second-order valence-electron chi connectivity index (χ2n) is 6.70. The number of methoxy groups -OCH3 is 2. The first kappa shape index (κ1) is 20.6. The molecule has 0 fully saturated rings. The van der Waals surface area contributed by atoms with Crippen molar-refractivity contribution in [2.75, 3.05) is 20.8 Å². The van der Waals surface area contributed by atoms with E-state index < -0.39 is 17.8 Å². The van der Waals surface area contributed by atoms with Gasteiger partial charge in [0.15, 0.2) is 5.78 Å². The van der Waals surface area contributed by atoms with Gasteiger partial charge in [0.05, 0.1) is 20.8 Å². The summed E-state index contributed by atoms with van der Waals surface area (Å²) >= 11 is 0. The standard InChI is InChI=1S/C23H23FO5/c1-4-29-23(26)21-17(22-19(27-2)6-5-7-20(22)28-3)12-15(13-18(21)25)14-8-10-16(24)11-9-14/h5-11,13,17,21H,4,12H2,1-3H3/t17-,21+/m0/s1. The molecule has 0 aliphatic heterocycles. The zero-order chi connectivity index (χ0) is 21.0. The highest BCUT2D eigenvalue weighted by Gasteiger charge is 2.42. The highest BCUT2D eigenvalue weighted by molar-refractivity contribution is 6.10. The smallest absolute Gasteiger partial charge is 0.317 e. The molecule has 0 N–H and O–H groups in total. The van der Waals surface area contributed by atoms with Crippen LogP contribution in [0.25, 0.3) is 5.57 Å². The number of ether oxygens (including phenoxy) is 3. The molecule has 29 heavy (non-hydrogen) atoms. The number of rotatable bonds is 6. The Hall–Kier alpha value is -3.15. The van der Waals surface area contributed by atoms with E-state index in [0.29, 0.717) is 29.1 Å². The lowest BCUT2D eigenvalue weighted by Gasteiger charge is -2.31. The molecule has 0 saturated heterocycles. The van der Waals surface area contributed by atoms with Gasteiger partial charge in [0, 0.05) is 11.5 Å². The van der Waals surface area contributed by atoms with Crippen molar-refractivity contribution in [2.24, 2.45) is 5.92 Å². The van der Waals surface area contributed by atoms with E-state index in [4.69, 9.17) is 14.2 Å². The number of ketones is 1. The third-order valence-corrected chi connectivity index (χ3v) is 5.06. The number of benzene rings is 2. The van der Waals surface area contributed by atoms with Gasteiger partial charge in [-0.2, -0.15) is 0 Å². The Balaban J connectivity index is 2.13. The summed E-state index contributed by atoms with van der Waals surface area (Å²) in [6, 6.07) is 11.2. The van der Waals surface area contributed by atoms with E-state index in [1.807, 2.05) is 0 Å². The largest absolute Gasteiger partial charge is 0.496 e. The molecule has 3 rings (SSSR count). The first-order valence-electron chi connectivity index (χ1n) is 9.38. The Kier molecular flexibility index (Phi) is 6.32. The molecular formula is C23H23FO5. The molecule has 2 aromatic rings. The molecule has 0 radical (unpaired) electrons. The fourth-order valence-corrected chi connectivity index (χ4v) is 3.77. The fourth-order valence-electron chi connectivity index (χ4n) is 3.77. The second kappa shape index (κ2) is 8.90. The van der Waals surface area contributed by atoms with Crippen LogP contribution in [0, 0.1) is 11.7 Å². The van der Waals surface area contributed by atoms with Crippen LogP contribution in [0.4, 0.5) is 4.39 Å². The van der Waals surface area contributed by atoms with Crippen LogP contribution in [-0.4, -0.2) is 32.6 Å². The lowest BCUT2D eigenvalue weighted by atomic mass is 9.73. The van der Waals surface area contributed by atoms with E-state index in [0.717, 1.165) is 5.56 Å². The van der Waals surface area contributed by atoms with E-state index in [1.54, 1.807) is 37.3 Å². The van der Waals surface area contributed by atoms with Crippen molar-refractivity contribution in [3.05, 3.63) is 65.5 Å². The molecule has 1 aliphatic rings. The highest BCUT2D eigenvalue weighted by Crippen LogP contribution is 2.46. The number of halogens is 1. The minimum atomic E-state index is -1.01. The minimum absolute atomic E-state index is 0.174. The SMILES string of the molecule is CCOC(=O)[C@H]1C(=O)C=C(c2ccc(F)cc2)C[C@@H]1c1c(OC)cccc1OC. The molecule has 5 nitrogen and oxygen atoms in total. The van der Waals surface area contributed by atoms with Crippen molar-refractivity contribution >= 4 is 17.3 Å². The van der Waals surface area contributed by atoms with Gasteiger partial charge in [-0.25, -0.2) is 4.39 Å². The van der Waals surface area contributed by atoms with Crippen LogP contribution in [0.3, 0.4) is 0 Å². The zero-order valence-corrected chi connectivity index (χ0v) is 16.6. The van der Waals surface area contributed by atoms with Crippen LogP contribution in [-0.2, 0) is 14.3 Å². The molecule has 0 heterocycles. The molecule has 2 atom stereocenters. The highest BCUT2D eigenvalue weighted by atomic mass is 19.1. The van der Waals surface area contributed by atoms with Gasteiger partial charge < -0.3 is 14.2 Å². The summed E-state index contributed by atoms with van der Waals surface area (Å²) in [4.78, 5) is 25.7. The Labute approximate surface area is 169 Å². The molecule has 0 saturated carbocycles. The van der Waals surface area contributed by atoms with Gasteiger partial charge >= 0.3 is 5.97 Å². The lowest BCUT2D eigenvalue weighted by Crippen LogP contribution is -2.34. The van der Waals surface area contributed by atoms with Crippen molar-refractivity contribution in [1.82, 2.24) is 0 Å². The fraction of sp³-hybridized carbons (Fsp3) is 0.304. The average Bonchev–Trinajstić information content (AvgIpc) is 2.73. The quantitative estimate of drug-likeness (QED) is 0.540. The minimum Gasteiger partial charge on any atom is -0.496 e. The van der Waals surface area contributed by atoms with E-state index in [2.05, 4.69) is 0 Å². The number of hydrogen-bond donors (Lipinski definition) is 0. The van der Waals surface area contributed by atoms with Crippen molar-refractivity contribution in [1.29, 1.82) is 0 Å². The molecule has 0 spiro atoms. The molecule has 1 aliphatic carbocycles. The molecule has 0 unspecified atom stereocenters. The van der Waals surface area contributed by atoms with Crippen LogP contribution in [0.5, 0.6) is 11.5 Å². The molecular weight excluding hydrogens is 375 g/mol. The van der Waals surface area contributed by atoms with Gasteiger partial charge in [0.25, 0.3) is 0 Å². The molecule has 2 aromatic carbocycles. The summed E-state index contributed by atoms with van der Waals surface area (Å²) in [6.07, 6.45) is 1.82. The number of carbonyl (C=O) groups excluding carboxylic acids is 2. The Bertz CT molecular complexity index is 911.